The van der Waals surface area contributed by atoms with E-state index in [1.54, 1.807) is 6.92 Å². The van der Waals surface area contributed by atoms with Gasteiger partial charge in [0.1, 0.15) is 11.1 Å². The Kier molecular flexibility index (Phi) is 3.86. The molecule has 1 unspecified atom stereocenters. The standard InChI is InChI=1S/C13H14N2O3S/c1-2-10(16)15-12-8(6-14)11-7(13(17)18)4-3-5-9(11)19-12/h7H,2-5H2,1H3,(H,15,16)(H,17,18). The largest absolute Gasteiger partial charge is 0.481 e. The number of carboxylic acids is 1. The van der Waals surface area contributed by atoms with Gasteiger partial charge in [-0.15, -0.1) is 11.3 Å². The first-order valence-corrected chi connectivity index (χ1v) is 6.98. The van der Waals surface area contributed by atoms with Crippen LogP contribution < -0.4 is 5.32 Å². The highest BCUT2D eigenvalue weighted by molar-refractivity contribution is 7.16. The van der Waals surface area contributed by atoms with Crippen molar-refractivity contribution in [3.63, 3.8) is 0 Å². The van der Waals surface area contributed by atoms with Gasteiger partial charge in [0, 0.05) is 16.9 Å². The zero-order valence-corrected chi connectivity index (χ0v) is 11.3. The summed E-state index contributed by atoms with van der Waals surface area (Å²) in [6.07, 6.45) is 2.46. The normalized spacial score (nSPS) is 17.4. The fraction of sp³-hybridized carbons (Fsp3) is 0.462. The van der Waals surface area contributed by atoms with E-state index in [0.717, 1.165) is 17.7 Å². The topological polar surface area (TPSA) is 90.2 Å². The van der Waals surface area contributed by atoms with Crippen molar-refractivity contribution in [2.24, 2.45) is 0 Å². The Balaban J connectivity index is 2.47. The molecule has 1 aromatic rings. The first kappa shape index (κ1) is 13.6. The monoisotopic (exact) mass is 278 g/mol. The van der Waals surface area contributed by atoms with Gasteiger partial charge >= 0.3 is 5.97 Å². The van der Waals surface area contributed by atoms with Gasteiger partial charge < -0.3 is 10.4 Å². The van der Waals surface area contributed by atoms with Crippen molar-refractivity contribution in [2.45, 2.75) is 38.5 Å². The lowest BCUT2D eigenvalue weighted by Crippen LogP contribution is -2.17. The molecule has 100 valence electrons. The van der Waals surface area contributed by atoms with E-state index in [1.165, 1.54) is 11.3 Å². The third-order valence-corrected chi connectivity index (χ3v) is 4.43. The van der Waals surface area contributed by atoms with E-state index >= 15 is 0 Å². The number of anilines is 1. The molecule has 0 fully saturated rings. The molecule has 1 aliphatic rings. The second kappa shape index (κ2) is 5.41. The predicted octanol–water partition coefficient (Wildman–Crippen LogP) is 2.47. The van der Waals surface area contributed by atoms with E-state index in [4.69, 9.17) is 0 Å². The molecule has 0 bridgehead atoms. The van der Waals surface area contributed by atoms with Crippen LogP contribution >= 0.6 is 11.3 Å². The molecule has 0 aromatic carbocycles. The van der Waals surface area contributed by atoms with Crippen LogP contribution in [0.4, 0.5) is 5.00 Å². The lowest BCUT2D eigenvalue weighted by Gasteiger charge is -2.18. The summed E-state index contributed by atoms with van der Waals surface area (Å²) in [5, 5.41) is 21.7. The maximum atomic E-state index is 11.4. The Morgan fingerprint density at radius 1 is 1.58 bits per heavy atom. The second-order valence-electron chi connectivity index (χ2n) is 4.44. The summed E-state index contributed by atoms with van der Waals surface area (Å²) < 4.78 is 0. The fourth-order valence-corrected chi connectivity index (χ4v) is 3.59. The highest BCUT2D eigenvalue weighted by Gasteiger charge is 2.32. The van der Waals surface area contributed by atoms with E-state index in [9.17, 15) is 20.0 Å². The number of nitriles is 1. The van der Waals surface area contributed by atoms with Crippen LogP contribution in [0.5, 0.6) is 0 Å². The van der Waals surface area contributed by atoms with Gasteiger partial charge in [-0.3, -0.25) is 9.59 Å². The van der Waals surface area contributed by atoms with Crippen LogP contribution in [0.3, 0.4) is 0 Å². The van der Waals surface area contributed by atoms with Gasteiger partial charge in [-0.2, -0.15) is 5.26 Å². The number of hydrogen-bond acceptors (Lipinski definition) is 4. The number of carbonyl (C=O) groups excluding carboxylic acids is 1. The average molecular weight is 278 g/mol. The van der Waals surface area contributed by atoms with Crippen LogP contribution in [0.1, 0.15) is 48.1 Å². The Morgan fingerprint density at radius 3 is 2.89 bits per heavy atom. The molecule has 5 nitrogen and oxygen atoms in total. The number of carbonyl (C=O) groups is 2. The number of amides is 1. The van der Waals surface area contributed by atoms with Crippen molar-refractivity contribution >= 4 is 28.2 Å². The highest BCUT2D eigenvalue weighted by Crippen LogP contribution is 2.43. The molecule has 0 saturated carbocycles. The second-order valence-corrected chi connectivity index (χ2v) is 5.54. The summed E-state index contributed by atoms with van der Waals surface area (Å²) in [4.78, 5) is 23.6. The van der Waals surface area contributed by atoms with Gasteiger partial charge in [0.2, 0.25) is 5.91 Å². The molecule has 2 N–H and O–H groups in total. The van der Waals surface area contributed by atoms with E-state index in [2.05, 4.69) is 11.4 Å². The van der Waals surface area contributed by atoms with E-state index < -0.39 is 11.9 Å². The number of thiophene rings is 1. The molecule has 1 heterocycles. The minimum Gasteiger partial charge on any atom is -0.481 e. The summed E-state index contributed by atoms with van der Waals surface area (Å²) in [5.41, 5.74) is 0.937. The van der Waals surface area contributed by atoms with Crippen molar-refractivity contribution in [3.8, 4) is 6.07 Å². The number of hydrogen-bond donors (Lipinski definition) is 2. The Hall–Kier alpha value is -1.87. The molecular weight excluding hydrogens is 264 g/mol. The Bertz CT molecular complexity index is 571. The zero-order valence-electron chi connectivity index (χ0n) is 10.5. The molecule has 1 aromatic heterocycles. The first-order chi connectivity index (χ1) is 9.08. The summed E-state index contributed by atoms with van der Waals surface area (Å²) in [6.45, 7) is 1.73. The summed E-state index contributed by atoms with van der Waals surface area (Å²) >= 11 is 1.33. The van der Waals surface area contributed by atoms with E-state index in [0.29, 0.717) is 29.0 Å². The number of nitrogens with one attached hydrogen (secondary N) is 1. The van der Waals surface area contributed by atoms with Gasteiger partial charge in [0.15, 0.2) is 0 Å². The molecule has 0 radical (unpaired) electrons. The molecule has 0 aliphatic heterocycles. The van der Waals surface area contributed by atoms with E-state index in [1.807, 2.05) is 0 Å². The van der Waals surface area contributed by atoms with Crippen molar-refractivity contribution < 1.29 is 14.7 Å². The van der Waals surface area contributed by atoms with Gasteiger partial charge in [0.05, 0.1) is 11.5 Å². The molecule has 1 aliphatic carbocycles. The van der Waals surface area contributed by atoms with Crippen molar-refractivity contribution in [3.05, 3.63) is 16.0 Å². The smallest absolute Gasteiger partial charge is 0.311 e. The number of rotatable bonds is 3. The van der Waals surface area contributed by atoms with Gasteiger partial charge in [-0.25, -0.2) is 0 Å². The molecule has 0 spiro atoms. The maximum absolute atomic E-state index is 11.4. The predicted molar refractivity (Wildman–Crippen MR) is 71.3 cm³/mol. The average Bonchev–Trinajstić information content (AvgIpc) is 2.74. The first-order valence-electron chi connectivity index (χ1n) is 6.16. The number of nitrogens with zero attached hydrogens (tertiary/aromatic N) is 1. The van der Waals surface area contributed by atoms with Gasteiger partial charge in [0.25, 0.3) is 0 Å². The number of fused-ring (bicyclic) bond motifs is 1. The Labute approximate surface area is 114 Å². The molecule has 1 atom stereocenters. The quantitative estimate of drug-likeness (QED) is 0.888. The van der Waals surface area contributed by atoms with Crippen LogP contribution in [-0.4, -0.2) is 17.0 Å². The SMILES string of the molecule is CCC(=O)Nc1sc2c(c1C#N)C(C(=O)O)CCC2. The van der Waals surface area contributed by atoms with Crippen LogP contribution in [0.15, 0.2) is 0 Å². The van der Waals surface area contributed by atoms with Crippen molar-refractivity contribution in [1.29, 1.82) is 5.26 Å². The number of aliphatic carboxylic acids is 1. The lowest BCUT2D eigenvalue weighted by molar-refractivity contribution is -0.139. The lowest BCUT2D eigenvalue weighted by atomic mass is 9.85. The third-order valence-electron chi connectivity index (χ3n) is 3.25. The molecule has 19 heavy (non-hydrogen) atoms. The van der Waals surface area contributed by atoms with Crippen LogP contribution in [0.25, 0.3) is 0 Å². The van der Waals surface area contributed by atoms with Crippen LogP contribution in [-0.2, 0) is 16.0 Å². The van der Waals surface area contributed by atoms with Crippen LogP contribution in [0, 0.1) is 11.3 Å². The van der Waals surface area contributed by atoms with E-state index in [-0.39, 0.29) is 5.91 Å². The third kappa shape index (κ3) is 2.47. The minimum absolute atomic E-state index is 0.165. The molecule has 6 heteroatoms. The Morgan fingerprint density at radius 2 is 2.32 bits per heavy atom. The summed E-state index contributed by atoms with van der Waals surface area (Å²) in [7, 11) is 0. The molecule has 0 saturated heterocycles. The van der Waals surface area contributed by atoms with Gasteiger partial charge in [-0.1, -0.05) is 6.92 Å². The number of aryl methyl sites for hydroxylation is 1. The highest BCUT2D eigenvalue weighted by atomic mass is 32.1. The molecule has 1 amide bonds. The van der Waals surface area contributed by atoms with Gasteiger partial charge in [-0.05, 0) is 19.3 Å². The number of carboxylic acid groups (broad SMARTS) is 1. The molecule has 2 rings (SSSR count). The molecular formula is C13H14N2O3S. The van der Waals surface area contributed by atoms with Crippen molar-refractivity contribution in [1.82, 2.24) is 0 Å². The van der Waals surface area contributed by atoms with Crippen LogP contribution in [0.2, 0.25) is 0 Å². The fourth-order valence-electron chi connectivity index (χ4n) is 2.32. The maximum Gasteiger partial charge on any atom is 0.311 e. The van der Waals surface area contributed by atoms with Crippen molar-refractivity contribution in [2.75, 3.05) is 5.32 Å². The summed E-state index contributed by atoms with van der Waals surface area (Å²) in [5.74, 6) is -1.69. The minimum atomic E-state index is -0.899. The summed E-state index contributed by atoms with van der Waals surface area (Å²) in [6, 6.07) is 2.05. The zero-order chi connectivity index (χ0) is 14.0.